The van der Waals surface area contributed by atoms with Crippen molar-refractivity contribution in [2.45, 2.75) is 6.54 Å². The number of amides is 1. The summed E-state index contributed by atoms with van der Waals surface area (Å²) < 4.78 is 0. The first-order chi connectivity index (χ1) is 7.15. The molecule has 15 heavy (non-hydrogen) atoms. The number of halogens is 1. The molecular formula is C9H8ClN3O2. The van der Waals surface area contributed by atoms with E-state index in [1.54, 1.807) is 18.2 Å². The van der Waals surface area contributed by atoms with Gasteiger partial charge in [0.05, 0.1) is 17.6 Å². The summed E-state index contributed by atoms with van der Waals surface area (Å²) in [5.74, 6) is 0. The van der Waals surface area contributed by atoms with Crippen molar-refractivity contribution in [2.24, 2.45) is 0 Å². The molecule has 0 aliphatic rings. The maximum atomic E-state index is 10.3. The minimum Gasteiger partial charge on any atom is -0.465 e. The van der Waals surface area contributed by atoms with Gasteiger partial charge in [-0.15, -0.1) is 0 Å². The molecule has 0 saturated heterocycles. The minimum absolute atomic E-state index is 0.226. The summed E-state index contributed by atoms with van der Waals surface area (Å²) in [4.78, 5) is 17.4. The molecule has 78 valence electrons. The van der Waals surface area contributed by atoms with Crippen LogP contribution in [0.2, 0.25) is 5.15 Å². The van der Waals surface area contributed by atoms with Crippen molar-refractivity contribution < 1.29 is 9.90 Å². The molecule has 0 bridgehead atoms. The van der Waals surface area contributed by atoms with Crippen LogP contribution in [-0.4, -0.2) is 21.2 Å². The number of fused-ring (bicyclic) bond motifs is 1. The predicted octanol–water partition coefficient (Wildman–Crippen LogP) is 1.98. The molecule has 2 aromatic heterocycles. The van der Waals surface area contributed by atoms with Crippen LogP contribution in [0.3, 0.4) is 0 Å². The van der Waals surface area contributed by atoms with Crippen LogP contribution in [0.25, 0.3) is 11.0 Å². The van der Waals surface area contributed by atoms with Crippen LogP contribution in [-0.2, 0) is 6.54 Å². The van der Waals surface area contributed by atoms with E-state index in [-0.39, 0.29) is 6.54 Å². The largest absolute Gasteiger partial charge is 0.465 e. The Morgan fingerprint density at radius 3 is 3.13 bits per heavy atom. The number of rotatable bonds is 2. The zero-order valence-corrected chi connectivity index (χ0v) is 8.38. The third-order valence-corrected chi connectivity index (χ3v) is 2.14. The van der Waals surface area contributed by atoms with Crippen molar-refractivity contribution in [1.82, 2.24) is 15.3 Å². The number of hydrogen-bond acceptors (Lipinski definition) is 2. The number of aromatic nitrogens is 2. The van der Waals surface area contributed by atoms with Crippen molar-refractivity contribution in [3.8, 4) is 0 Å². The highest BCUT2D eigenvalue weighted by Crippen LogP contribution is 2.15. The second-order valence-corrected chi connectivity index (χ2v) is 3.41. The molecule has 0 aliphatic carbocycles. The molecule has 5 nitrogen and oxygen atoms in total. The van der Waals surface area contributed by atoms with Gasteiger partial charge in [0, 0.05) is 5.69 Å². The van der Waals surface area contributed by atoms with Crippen molar-refractivity contribution >= 4 is 28.7 Å². The smallest absolute Gasteiger partial charge is 0.404 e. The molecule has 0 spiro atoms. The predicted molar refractivity (Wildman–Crippen MR) is 56.0 cm³/mol. The molecule has 2 rings (SSSR count). The molecule has 3 N–H and O–H groups in total. The Balaban J connectivity index is 2.27. The highest BCUT2D eigenvalue weighted by atomic mass is 35.5. The van der Waals surface area contributed by atoms with E-state index in [9.17, 15) is 4.79 Å². The van der Waals surface area contributed by atoms with Crippen LogP contribution in [0.5, 0.6) is 0 Å². The van der Waals surface area contributed by atoms with E-state index < -0.39 is 6.09 Å². The van der Waals surface area contributed by atoms with Gasteiger partial charge in [0.2, 0.25) is 0 Å². The van der Waals surface area contributed by atoms with Crippen LogP contribution >= 0.6 is 11.6 Å². The fourth-order valence-electron chi connectivity index (χ4n) is 1.31. The van der Waals surface area contributed by atoms with E-state index in [4.69, 9.17) is 16.7 Å². The highest BCUT2D eigenvalue weighted by molar-refractivity contribution is 6.29. The lowest BCUT2D eigenvalue weighted by atomic mass is 10.4. The van der Waals surface area contributed by atoms with Gasteiger partial charge in [-0.1, -0.05) is 11.6 Å². The fourth-order valence-corrected chi connectivity index (χ4v) is 1.46. The van der Waals surface area contributed by atoms with Gasteiger partial charge in [-0.05, 0) is 18.2 Å². The van der Waals surface area contributed by atoms with Crippen LogP contribution in [0.4, 0.5) is 4.79 Å². The molecule has 0 fully saturated rings. The van der Waals surface area contributed by atoms with Crippen molar-refractivity contribution in [2.75, 3.05) is 0 Å². The van der Waals surface area contributed by atoms with Crippen LogP contribution in [0.15, 0.2) is 18.2 Å². The lowest BCUT2D eigenvalue weighted by molar-refractivity contribution is 0.194. The Bertz CT molecular complexity index is 509. The Morgan fingerprint density at radius 1 is 1.60 bits per heavy atom. The molecule has 0 atom stereocenters. The highest BCUT2D eigenvalue weighted by Gasteiger charge is 2.03. The number of nitrogens with zero attached hydrogens (tertiary/aromatic N) is 1. The second-order valence-electron chi connectivity index (χ2n) is 3.02. The van der Waals surface area contributed by atoms with Gasteiger partial charge in [0.25, 0.3) is 0 Å². The quantitative estimate of drug-likeness (QED) is 0.684. The number of H-pyrrole nitrogens is 1. The van der Waals surface area contributed by atoms with E-state index in [1.807, 2.05) is 0 Å². The van der Waals surface area contributed by atoms with Gasteiger partial charge in [0.15, 0.2) is 0 Å². The number of aromatic amines is 1. The minimum atomic E-state index is -1.06. The molecule has 0 saturated carbocycles. The lowest BCUT2D eigenvalue weighted by Crippen LogP contribution is -2.19. The van der Waals surface area contributed by atoms with Gasteiger partial charge in [-0.25, -0.2) is 9.78 Å². The molecule has 0 aliphatic heterocycles. The van der Waals surface area contributed by atoms with Crippen molar-refractivity contribution in [3.05, 3.63) is 29.0 Å². The SMILES string of the molecule is O=C(O)NCc1cc2nc(Cl)ccc2[nH]1. The molecule has 0 unspecified atom stereocenters. The lowest BCUT2D eigenvalue weighted by Gasteiger charge is -1.95. The zero-order chi connectivity index (χ0) is 10.8. The molecule has 6 heteroatoms. The number of pyridine rings is 1. The number of carbonyl (C=O) groups is 1. The fraction of sp³-hybridized carbons (Fsp3) is 0.111. The normalized spacial score (nSPS) is 10.5. The topological polar surface area (TPSA) is 78.0 Å². The van der Waals surface area contributed by atoms with E-state index in [0.717, 1.165) is 16.7 Å². The van der Waals surface area contributed by atoms with Gasteiger partial charge < -0.3 is 15.4 Å². The first-order valence-corrected chi connectivity index (χ1v) is 4.64. The first-order valence-electron chi connectivity index (χ1n) is 4.26. The first kappa shape index (κ1) is 9.79. The summed E-state index contributed by atoms with van der Waals surface area (Å²) in [5.41, 5.74) is 2.31. The Morgan fingerprint density at radius 2 is 2.40 bits per heavy atom. The Kier molecular flexibility index (Phi) is 2.47. The van der Waals surface area contributed by atoms with Crippen LogP contribution < -0.4 is 5.32 Å². The van der Waals surface area contributed by atoms with E-state index in [0.29, 0.717) is 5.15 Å². The molecule has 0 radical (unpaired) electrons. The summed E-state index contributed by atoms with van der Waals surface area (Å²) in [6.07, 6.45) is -1.06. The number of carboxylic acid groups (broad SMARTS) is 1. The molecule has 2 aromatic rings. The zero-order valence-electron chi connectivity index (χ0n) is 7.62. The maximum Gasteiger partial charge on any atom is 0.404 e. The maximum absolute atomic E-state index is 10.3. The summed E-state index contributed by atoms with van der Waals surface area (Å²) in [7, 11) is 0. The monoisotopic (exact) mass is 225 g/mol. The van der Waals surface area contributed by atoms with Gasteiger partial charge in [-0.2, -0.15) is 0 Å². The van der Waals surface area contributed by atoms with Gasteiger partial charge >= 0.3 is 6.09 Å². The van der Waals surface area contributed by atoms with E-state index >= 15 is 0 Å². The number of hydrogen-bond donors (Lipinski definition) is 3. The van der Waals surface area contributed by atoms with Gasteiger partial charge in [-0.3, -0.25) is 0 Å². The van der Waals surface area contributed by atoms with Crippen molar-refractivity contribution in [1.29, 1.82) is 0 Å². The summed E-state index contributed by atoms with van der Waals surface area (Å²) in [6, 6.07) is 5.24. The van der Waals surface area contributed by atoms with Crippen LogP contribution in [0.1, 0.15) is 5.69 Å². The Hall–Kier alpha value is -1.75. The molecular weight excluding hydrogens is 218 g/mol. The standard InChI is InChI=1S/C9H8ClN3O2/c10-8-2-1-6-7(13-8)3-5(12-6)4-11-9(14)15/h1-3,11-12H,4H2,(H,14,15). The van der Waals surface area contributed by atoms with E-state index in [1.165, 1.54) is 0 Å². The average molecular weight is 226 g/mol. The molecule has 0 aromatic carbocycles. The van der Waals surface area contributed by atoms with Crippen LogP contribution in [0, 0.1) is 0 Å². The summed E-state index contributed by atoms with van der Waals surface area (Å²) in [5, 5.41) is 11.1. The average Bonchev–Trinajstić information content (AvgIpc) is 2.56. The van der Waals surface area contributed by atoms with E-state index in [2.05, 4.69) is 15.3 Å². The summed E-state index contributed by atoms with van der Waals surface area (Å²) in [6.45, 7) is 0.226. The van der Waals surface area contributed by atoms with Crippen molar-refractivity contribution in [3.63, 3.8) is 0 Å². The number of nitrogens with one attached hydrogen (secondary N) is 2. The molecule has 2 heterocycles. The van der Waals surface area contributed by atoms with Gasteiger partial charge in [0.1, 0.15) is 5.15 Å². The molecule has 1 amide bonds. The third-order valence-electron chi connectivity index (χ3n) is 1.93. The third kappa shape index (κ3) is 2.19. The summed E-state index contributed by atoms with van der Waals surface area (Å²) >= 11 is 5.72. The second kappa shape index (κ2) is 3.78. The Labute approximate surface area is 90.1 Å².